The molecule has 0 spiro atoms. The first-order valence-electron chi connectivity index (χ1n) is 14.6. The molecule has 9 nitrogen and oxygen atoms in total. The Morgan fingerprint density at radius 3 is 2.65 bits per heavy atom. The van der Waals surface area contributed by atoms with Gasteiger partial charge in [0.25, 0.3) is 5.91 Å². The van der Waals surface area contributed by atoms with Crippen molar-refractivity contribution in [1.29, 1.82) is 0 Å². The number of para-hydroxylation sites is 1. The maximum absolute atomic E-state index is 13.5. The number of hydrogen-bond donors (Lipinski definition) is 2. The molecule has 0 saturated heterocycles. The van der Waals surface area contributed by atoms with Crippen LogP contribution in [0.5, 0.6) is 0 Å². The van der Waals surface area contributed by atoms with Crippen molar-refractivity contribution >= 4 is 37.0 Å². The van der Waals surface area contributed by atoms with E-state index in [1.165, 1.54) is 6.21 Å². The Balaban J connectivity index is 1.32. The summed E-state index contributed by atoms with van der Waals surface area (Å²) in [7, 11) is -1.14. The minimum absolute atomic E-state index is 0.243. The number of benzene rings is 3. The molecule has 0 aliphatic heterocycles. The van der Waals surface area contributed by atoms with Gasteiger partial charge in [-0.1, -0.05) is 56.0 Å². The average molecular weight is 595 g/mol. The predicted octanol–water partition coefficient (Wildman–Crippen LogP) is 7.24. The SMILES string of the molecule is C[Si](C)(C)CCOCn1ncc2cc(-c3cccc(C(=O)Nc4nc(CCC/C=N\O)cn4-c4ccccc4)c3)ccc21. The molecule has 0 aliphatic carbocycles. The number of fused-ring (bicyclic) bond motifs is 1. The third-order valence-corrected chi connectivity index (χ3v) is 8.88. The highest BCUT2D eigenvalue weighted by Crippen LogP contribution is 2.26. The average Bonchev–Trinajstić information content (AvgIpc) is 3.61. The van der Waals surface area contributed by atoms with Gasteiger partial charge < -0.3 is 9.94 Å². The van der Waals surface area contributed by atoms with E-state index >= 15 is 0 Å². The Kier molecular flexibility index (Phi) is 9.48. The van der Waals surface area contributed by atoms with Gasteiger partial charge in [0, 0.05) is 43.7 Å². The van der Waals surface area contributed by atoms with Gasteiger partial charge >= 0.3 is 0 Å². The lowest BCUT2D eigenvalue weighted by atomic mass is 10.0. The molecule has 3 aromatic carbocycles. The number of anilines is 1. The van der Waals surface area contributed by atoms with Crippen molar-refractivity contribution in [1.82, 2.24) is 19.3 Å². The van der Waals surface area contributed by atoms with Crippen molar-refractivity contribution in [3.63, 3.8) is 0 Å². The van der Waals surface area contributed by atoms with E-state index in [-0.39, 0.29) is 5.91 Å². The van der Waals surface area contributed by atoms with Gasteiger partial charge in [-0.05, 0) is 72.8 Å². The summed E-state index contributed by atoms with van der Waals surface area (Å²) >= 11 is 0. The number of imidazole rings is 1. The number of oxime groups is 1. The van der Waals surface area contributed by atoms with Crippen LogP contribution in [0.2, 0.25) is 25.7 Å². The lowest BCUT2D eigenvalue weighted by Crippen LogP contribution is -2.22. The fourth-order valence-corrected chi connectivity index (χ4v) is 5.52. The van der Waals surface area contributed by atoms with E-state index < -0.39 is 8.07 Å². The number of nitrogens with one attached hydrogen (secondary N) is 1. The first-order valence-corrected chi connectivity index (χ1v) is 18.3. The van der Waals surface area contributed by atoms with E-state index in [4.69, 9.17) is 14.9 Å². The van der Waals surface area contributed by atoms with Gasteiger partial charge in [-0.25, -0.2) is 9.67 Å². The molecule has 2 heterocycles. The highest BCUT2D eigenvalue weighted by atomic mass is 28.3. The van der Waals surface area contributed by atoms with E-state index in [2.05, 4.69) is 53.4 Å². The minimum Gasteiger partial charge on any atom is -0.411 e. The Morgan fingerprint density at radius 2 is 1.86 bits per heavy atom. The number of aromatic nitrogens is 4. The third kappa shape index (κ3) is 7.85. The van der Waals surface area contributed by atoms with Crippen LogP contribution in [0.4, 0.5) is 5.95 Å². The molecule has 1 amide bonds. The van der Waals surface area contributed by atoms with Gasteiger partial charge in [0.1, 0.15) is 6.73 Å². The Bertz CT molecular complexity index is 1700. The molecule has 43 heavy (non-hydrogen) atoms. The van der Waals surface area contributed by atoms with Crippen molar-refractivity contribution in [2.45, 2.75) is 51.7 Å². The van der Waals surface area contributed by atoms with Crippen molar-refractivity contribution in [3.05, 3.63) is 96.4 Å². The lowest BCUT2D eigenvalue weighted by Gasteiger charge is -2.15. The first kappa shape index (κ1) is 29.9. The molecule has 0 atom stereocenters. The van der Waals surface area contributed by atoms with Crippen LogP contribution in [0.1, 0.15) is 28.9 Å². The molecule has 0 aliphatic rings. The molecular formula is C33H38N6O3Si. The van der Waals surface area contributed by atoms with E-state index in [9.17, 15) is 4.79 Å². The number of ether oxygens (including phenoxy) is 1. The van der Waals surface area contributed by atoms with Crippen molar-refractivity contribution in [2.24, 2.45) is 5.16 Å². The number of carbonyl (C=O) groups excluding carboxylic acids is 1. The van der Waals surface area contributed by atoms with Gasteiger partial charge in [0.15, 0.2) is 0 Å². The second kappa shape index (κ2) is 13.6. The molecule has 0 unspecified atom stereocenters. The molecule has 0 fully saturated rings. The summed E-state index contributed by atoms with van der Waals surface area (Å²) < 4.78 is 9.68. The van der Waals surface area contributed by atoms with E-state index in [1.54, 1.807) is 6.07 Å². The van der Waals surface area contributed by atoms with Gasteiger partial charge in [0.05, 0.1) is 17.4 Å². The molecule has 5 aromatic rings. The van der Waals surface area contributed by atoms with Crippen LogP contribution in [-0.4, -0.2) is 51.3 Å². The zero-order chi connectivity index (χ0) is 30.2. The van der Waals surface area contributed by atoms with Gasteiger partial charge in [-0.2, -0.15) is 5.10 Å². The summed E-state index contributed by atoms with van der Waals surface area (Å²) in [5.74, 6) is 0.210. The number of hydrogen-bond acceptors (Lipinski definition) is 6. The molecule has 5 rings (SSSR count). The summed E-state index contributed by atoms with van der Waals surface area (Å²) in [4.78, 5) is 18.2. The second-order valence-electron chi connectivity index (χ2n) is 11.8. The largest absolute Gasteiger partial charge is 0.411 e. The lowest BCUT2D eigenvalue weighted by molar-refractivity contribution is 0.0817. The number of rotatable bonds is 13. The van der Waals surface area contributed by atoms with Gasteiger partial charge in [-0.3, -0.25) is 14.7 Å². The normalized spacial score (nSPS) is 11.9. The number of amides is 1. The van der Waals surface area contributed by atoms with Crippen LogP contribution in [0.3, 0.4) is 0 Å². The number of aryl methyl sites for hydroxylation is 1. The van der Waals surface area contributed by atoms with Crippen LogP contribution in [0.15, 0.2) is 90.3 Å². The third-order valence-electron chi connectivity index (χ3n) is 7.17. The molecule has 0 saturated carbocycles. The summed E-state index contributed by atoms with van der Waals surface area (Å²) in [6.45, 7) is 8.21. The summed E-state index contributed by atoms with van der Waals surface area (Å²) in [5.41, 5.74) is 5.23. The topological polar surface area (TPSA) is 107 Å². The smallest absolute Gasteiger partial charge is 0.258 e. The van der Waals surface area contributed by atoms with Gasteiger partial charge in [0.2, 0.25) is 5.95 Å². The highest BCUT2D eigenvalue weighted by molar-refractivity contribution is 6.76. The fraction of sp³-hybridized carbons (Fsp3) is 0.273. The van der Waals surface area contributed by atoms with Crippen LogP contribution in [0, 0.1) is 0 Å². The number of carbonyl (C=O) groups is 1. The summed E-state index contributed by atoms with van der Waals surface area (Å²) in [6, 6.07) is 24.7. The van der Waals surface area contributed by atoms with E-state index in [1.807, 2.05) is 70.2 Å². The van der Waals surface area contributed by atoms with Crippen molar-refractivity contribution in [2.75, 3.05) is 11.9 Å². The molecule has 2 aromatic heterocycles. The number of unbranched alkanes of at least 4 members (excludes halogenated alkanes) is 1. The molecule has 0 radical (unpaired) electrons. The first-order chi connectivity index (χ1) is 20.8. The van der Waals surface area contributed by atoms with E-state index in [0.717, 1.165) is 52.5 Å². The summed E-state index contributed by atoms with van der Waals surface area (Å²) in [6.07, 6.45) is 7.37. The van der Waals surface area contributed by atoms with Gasteiger partial charge in [-0.15, -0.1) is 5.16 Å². The maximum Gasteiger partial charge on any atom is 0.258 e. The quantitative estimate of drug-likeness (QED) is 0.0492. The Morgan fingerprint density at radius 1 is 1.05 bits per heavy atom. The number of nitrogens with zero attached hydrogens (tertiary/aromatic N) is 5. The second-order valence-corrected chi connectivity index (χ2v) is 17.4. The molecular weight excluding hydrogens is 556 g/mol. The van der Waals surface area contributed by atoms with Crippen LogP contribution >= 0.6 is 0 Å². The predicted molar refractivity (Wildman–Crippen MR) is 174 cm³/mol. The maximum atomic E-state index is 13.5. The highest BCUT2D eigenvalue weighted by Gasteiger charge is 2.16. The standard InChI is InChI=1S/C33H38N6O3Si/c1-43(2,3)19-18-42-24-39-31-16-15-26(21-28(31)22-34-39)25-10-9-11-27(20-25)32(40)37-33-36-29(12-7-8-17-35-41)23-38(33)30-13-5-4-6-14-30/h4-6,9-11,13-17,20-23,41H,7-8,12,18-19,24H2,1-3H3,(H,36,37,40)/b35-17-. The Hall–Kier alpha value is -4.54. The molecule has 10 heteroatoms. The molecule has 2 N–H and O–H groups in total. The Labute approximate surface area is 252 Å². The van der Waals surface area contributed by atoms with Crippen molar-refractivity contribution < 1.29 is 14.7 Å². The van der Waals surface area contributed by atoms with Crippen LogP contribution < -0.4 is 5.32 Å². The molecule has 222 valence electrons. The van der Waals surface area contributed by atoms with Crippen LogP contribution in [0.25, 0.3) is 27.7 Å². The van der Waals surface area contributed by atoms with Crippen LogP contribution in [-0.2, 0) is 17.9 Å². The van der Waals surface area contributed by atoms with E-state index in [0.29, 0.717) is 31.1 Å². The monoisotopic (exact) mass is 594 g/mol. The molecule has 0 bridgehead atoms. The van der Waals surface area contributed by atoms with Crippen molar-refractivity contribution in [3.8, 4) is 16.8 Å². The summed E-state index contributed by atoms with van der Waals surface area (Å²) in [5, 5.41) is 20.3. The minimum atomic E-state index is -1.14. The zero-order valence-electron chi connectivity index (χ0n) is 24.9. The fourth-order valence-electron chi connectivity index (χ4n) is 4.77. The zero-order valence-corrected chi connectivity index (χ0v) is 25.9.